The molecule has 0 bridgehead atoms. The van der Waals surface area contributed by atoms with Gasteiger partial charge < -0.3 is 19.5 Å². The number of ether oxygens (including phenoxy) is 3. The average molecular weight is 343 g/mol. The lowest BCUT2D eigenvalue weighted by molar-refractivity contribution is 0.276. The van der Waals surface area contributed by atoms with E-state index in [9.17, 15) is 0 Å². The van der Waals surface area contributed by atoms with Gasteiger partial charge in [-0.2, -0.15) is 0 Å². The van der Waals surface area contributed by atoms with Crippen molar-refractivity contribution in [3.05, 3.63) is 53.6 Å². The van der Waals surface area contributed by atoms with E-state index in [4.69, 9.17) is 14.2 Å². The standard InChI is InChI=1S/C21H29NO3/c1-4-14-25-20-11-10-17(15-21(20)24-5-2)16-22-13-12-18-8-6-7-9-19(18)23-3/h6-11,15,22H,4-5,12-14,16H2,1-3H3. The van der Waals surface area contributed by atoms with Crippen LogP contribution in [0.25, 0.3) is 0 Å². The van der Waals surface area contributed by atoms with E-state index in [1.807, 2.05) is 31.2 Å². The number of methoxy groups -OCH3 is 1. The van der Waals surface area contributed by atoms with Gasteiger partial charge in [0, 0.05) is 6.54 Å². The Bertz CT molecular complexity index is 643. The molecule has 4 nitrogen and oxygen atoms in total. The van der Waals surface area contributed by atoms with Gasteiger partial charge >= 0.3 is 0 Å². The third kappa shape index (κ3) is 5.98. The van der Waals surface area contributed by atoms with E-state index in [0.717, 1.165) is 43.2 Å². The van der Waals surface area contributed by atoms with Gasteiger partial charge in [-0.3, -0.25) is 0 Å². The van der Waals surface area contributed by atoms with Gasteiger partial charge in [0.15, 0.2) is 11.5 Å². The SMILES string of the molecule is CCCOc1ccc(CNCCc2ccccc2OC)cc1OCC. The fraction of sp³-hybridized carbons (Fsp3) is 0.429. The van der Waals surface area contributed by atoms with Crippen molar-refractivity contribution in [2.75, 3.05) is 26.9 Å². The summed E-state index contributed by atoms with van der Waals surface area (Å²) in [6.07, 6.45) is 1.91. The van der Waals surface area contributed by atoms with E-state index >= 15 is 0 Å². The second kappa shape index (κ2) is 10.6. The quantitative estimate of drug-likeness (QED) is 0.620. The lowest BCUT2D eigenvalue weighted by atomic mass is 10.1. The molecule has 0 aliphatic rings. The molecule has 0 heterocycles. The Labute approximate surface area is 151 Å². The van der Waals surface area contributed by atoms with Crippen LogP contribution in [0.15, 0.2) is 42.5 Å². The Morgan fingerprint density at radius 2 is 1.76 bits per heavy atom. The van der Waals surface area contributed by atoms with Crippen molar-refractivity contribution in [2.45, 2.75) is 33.2 Å². The van der Waals surface area contributed by atoms with Crippen LogP contribution < -0.4 is 19.5 Å². The second-order valence-electron chi connectivity index (χ2n) is 5.80. The summed E-state index contributed by atoms with van der Waals surface area (Å²) in [5.74, 6) is 2.59. The van der Waals surface area contributed by atoms with Gasteiger partial charge in [-0.15, -0.1) is 0 Å². The first kappa shape index (κ1) is 19.1. The Hall–Kier alpha value is -2.20. The fourth-order valence-corrected chi connectivity index (χ4v) is 2.63. The zero-order valence-corrected chi connectivity index (χ0v) is 15.5. The number of nitrogens with one attached hydrogen (secondary N) is 1. The highest BCUT2D eigenvalue weighted by Crippen LogP contribution is 2.28. The summed E-state index contributed by atoms with van der Waals surface area (Å²) in [6, 6.07) is 14.3. The molecule has 0 saturated carbocycles. The van der Waals surface area contributed by atoms with E-state index < -0.39 is 0 Å². The minimum atomic E-state index is 0.632. The molecule has 2 rings (SSSR count). The molecule has 0 atom stereocenters. The molecule has 0 fully saturated rings. The van der Waals surface area contributed by atoms with E-state index in [1.165, 1.54) is 11.1 Å². The average Bonchev–Trinajstić information content (AvgIpc) is 2.65. The normalized spacial score (nSPS) is 10.5. The van der Waals surface area contributed by atoms with Crippen molar-refractivity contribution in [1.29, 1.82) is 0 Å². The molecular formula is C21H29NO3. The molecule has 0 amide bonds. The molecule has 4 heteroatoms. The molecule has 0 unspecified atom stereocenters. The van der Waals surface area contributed by atoms with Crippen LogP contribution in [-0.2, 0) is 13.0 Å². The highest BCUT2D eigenvalue weighted by molar-refractivity contribution is 5.43. The zero-order valence-electron chi connectivity index (χ0n) is 15.5. The maximum absolute atomic E-state index is 5.74. The molecule has 2 aromatic carbocycles. The molecule has 0 aliphatic carbocycles. The molecule has 0 spiro atoms. The first-order valence-corrected chi connectivity index (χ1v) is 8.99. The van der Waals surface area contributed by atoms with Crippen molar-refractivity contribution in [2.24, 2.45) is 0 Å². The predicted octanol–water partition coefficient (Wildman–Crippen LogP) is 4.22. The smallest absolute Gasteiger partial charge is 0.161 e. The predicted molar refractivity (Wildman–Crippen MR) is 102 cm³/mol. The topological polar surface area (TPSA) is 39.7 Å². The summed E-state index contributed by atoms with van der Waals surface area (Å²) in [4.78, 5) is 0. The van der Waals surface area contributed by atoms with Crippen LogP contribution >= 0.6 is 0 Å². The molecule has 2 aromatic rings. The summed E-state index contributed by atoms with van der Waals surface area (Å²) in [5.41, 5.74) is 2.41. The van der Waals surface area contributed by atoms with Crippen LogP contribution in [0.3, 0.4) is 0 Å². The van der Waals surface area contributed by atoms with Gasteiger partial charge in [0.05, 0.1) is 20.3 Å². The first-order valence-electron chi connectivity index (χ1n) is 8.99. The highest BCUT2D eigenvalue weighted by Gasteiger charge is 2.07. The summed E-state index contributed by atoms with van der Waals surface area (Å²) in [6.45, 7) is 7.10. The van der Waals surface area contributed by atoms with Crippen molar-refractivity contribution < 1.29 is 14.2 Å². The molecule has 0 aliphatic heterocycles. The van der Waals surface area contributed by atoms with Crippen molar-refractivity contribution in [3.63, 3.8) is 0 Å². The number of hydrogen-bond acceptors (Lipinski definition) is 4. The van der Waals surface area contributed by atoms with Gasteiger partial charge in [0.25, 0.3) is 0 Å². The van der Waals surface area contributed by atoms with Gasteiger partial charge in [-0.25, -0.2) is 0 Å². The number of benzene rings is 2. The first-order chi connectivity index (χ1) is 12.3. The van der Waals surface area contributed by atoms with E-state index in [2.05, 4.69) is 30.4 Å². The number of rotatable bonds is 11. The summed E-state index contributed by atoms with van der Waals surface area (Å²) >= 11 is 0. The highest BCUT2D eigenvalue weighted by atomic mass is 16.5. The summed E-state index contributed by atoms with van der Waals surface area (Å²) in [5, 5.41) is 3.48. The minimum absolute atomic E-state index is 0.632. The van der Waals surface area contributed by atoms with Gasteiger partial charge in [-0.05, 0) is 55.6 Å². The molecular weight excluding hydrogens is 314 g/mol. The third-order valence-corrected chi connectivity index (χ3v) is 3.86. The Kier molecular flexibility index (Phi) is 8.13. The van der Waals surface area contributed by atoms with Gasteiger partial charge in [0.1, 0.15) is 5.75 Å². The minimum Gasteiger partial charge on any atom is -0.496 e. The largest absolute Gasteiger partial charge is 0.496 e. The van der Waals surface area contributed by atoms with Crippen LogP contribution in [-0.4, -0.2) is 26.9 Å². The van der Waals surface area contributed by atoms with Crippen LogP contribution in [0.4, 0.5) is 0 Å². The monoisotopic (exact) mass is 343 g/mol. The molecule has 25 heavy (non-hydrogen) atoms. The van der Waals surface area contributed by atoms with E-state index in [0.29, 0.717) is 13.2 Å². The summed E-state index contributed by atoms with van der Waals surface area (Å²) in [7, 11) is 1.71. The van der Waals surface area contributed by atoms with Crippen LogP contribution in [0.2, 0.25) is 0 Å². The number of hydrogen-bond donors (Lipinski definition) is 1. The van der Waals surface area contributed by atoms with Crippen molar-refractivity contribution in [3.8, 4) is 17.2 Å². The second-order valence-corrected chi connectivity index (χ2v) is 5.80. The number of para-hydroxylation sites is 1. The van der Waals surface area contributed by atoms with Crippen LogP contribution in [0, 0.1) is 0 Å². The summed E-state index contributed by atoms with van der Waals surface area (Å²) < 4.78 is 16.8. The zero-order chi connectivity index (χ0) is 17.9. The molecule has 0 aromatic heterocycles. The fourth-order valence-electron chi connectivity index (χ4n) is 2.63. The third-order valence-electron chi connectivity index (χ3n) is 3.86. The Morgan fingerprint density at radius 1 is 0.920 bits per heavy atom. The van der Waals surface area contributed by atoms with E-state index in [1.54, 1.807) is 7.11 Å². The van der Waals surface area contributed by atoms with Crippen LogP contribution in [0.5, 0.6) is 17.2 Å². The van der Waals surface area contributed by atoms with Gasteiger partial charge in [0.2, 0.25) is 0 Å². The molecule has 0 saturated heterocycles. The molecule has 1 N–H and O–H groups in total. The lowest BCUT2D eigenvalue weighted by Crippen LogP contribution is -2.17. The molecule has 0 radical (unpaired) electrons. The lowest BCUT2D eigenvalue weighted by Gasteiger charge is -2.13. The maximum atomic E-state index is 5.74. The van der Waals surface area contributed by atoms with Crippen molar-refractivity contribution >= 4 is 0 Å². The maximum Gasteiger partial charge on any atom is 0.161 e. The molecule has 136 valence electrons. The van der Waals surface area contributed by atoms with Crippen molar-refractivity contribution in [1.82, 2.24) is 5.32 Å². The Balaban J connectivity index is 1.88. The van der Waals surface area contributed by atoms with E-state index in [-0.39, 0.29) is 0 Å². The van der Waals surface area contributed by atoms with Crippen LogP contribution in [0.1, 0.15) is 31.4 Å². The van der Waals surface area contributed by atoms with Gasteiger partial charge in [-0.1, -0.05) is 31.2 Å². The Morgan fingerprint density at radius 3 is 2.52 bits per heavy atom.